The van der Waals surface area contributed by atoms with E-state index in [-0.39, 0.29) is 0 Å². The summed E-state index contributed by atoms with van der Waals surface area (Å²) in [4.78, 5) is 11.0. The van der Waals surface area contributed by atoms with E-state index in [1.54, 1.807) is 0 Å². The first-order valence-electron chi connectivity index (χ1n) is 13.0. The van der Waals surface area contributed by atoms with Crippen molar-refractivity contribution in [3.05, 3.63) is 0 Å². The minimum Gasteiger partial charge on any atom is -0.303 e. The molecule has 0 unspecified atom stereocenters. The number of hydrogen-bond donors (Lipinski definition) is 0. The second-order valence-electron chi connectivity index (χ2n) is 13.2. The van der Waals surface area contributed by atoms with E-state index >= 15 is 0 Å². The molecule has 0 aliphatic carbocycles. The molecule has 30 heavy (non-hydrogen) atoms. The van der Waals surface area contributed by atoms with Crippen LogP contribution in [-0.4, -0.2) is 95.6 Å². The summed E-state index contributed by atoms with van der Waals surface area (Å²) in [5.41, 5.74) is 1.37. The van der Waals surface area contributed by atoms with Gasteiger partial charge < -0.3 is 9.80 Å². The Labute approximate surface area is 187 Å². The molecule has 1 spiro atoms. The fourth-order valence-corrected chi connectivity index (χ4v) is 6.53. The lowest BCUT2D eigenvalue weighted by Crippen LogP contribution is -2.65. The van der Waals surface area contributed by atoms with Gasteiger partial charge in [-0.2, -0.15) is 0 Å². The van der Waals surface area contributed by atoms with Crippen LogP contribution in [0.15, 0.2) is 0 Å². The van der Waals surface area contributed by atoms with Crippen molar-refractivity contribution in [1.29, 1.82) is 0 Å². The van der Waals surface area contributed by atoms with Crippen molar-refractivity contribution in [2.24, 2.45) is 11.3 Å². The van der Waals surface area contributed by atoms with Crippen LogP contribution in [0.25, 0.3) is 0 Å². The first-order valence-corrected chi connectivity index (χ1v) is 13.0. The SMILES string of the molecule is CC(C)(C)N1CCC(N2CCC(CN3CCC4(CC3)CN(C(C)(C)C)C4)CC2)CC1. The maximum atomic E-state index is 2.84. The molecule has 174 valence electrons. The number of nitrogens with zero attached hydrogens (tertiary/aromatic N) is 4. The highest BCUT2D eigenvalue weighted by atomic mass is 15.3. The van der Waals surface area contributed by atoms with Gasteiger partial charge in [-0.3, -0.25) is 9.80 Å². The van der Waals surface area contributed by atoms with E-state index in [0.717, 1.165) is 12.0 Å². The van der Waals surface area contributed by atoms with Gasteiger partial charge in [0.15, 0.2) is 0 Å². The zero-order valence-electron chi connectivity index (χ0n) is 21.1. The van der Waals surface area contributed by atoms with Crippen LogP contribution in [0.1, 0.15) is 80.1 Å². The molecular formula is C26H50N4. The summed E-state index contributed by atoms with van der Waals surface area (Å²) in [7, 11) is 0. The first-order chi connectivity index (χ1) is 14.0. The van der Waals surface area contributed by atoms with Crippen molar-refractivity contribution in [1.82, 2.24) is 19.6 Å². The second-order valence-corrected chi connectivity index (χ2v) is 13.2. The Morgan fingerprint density at radius 2 is 1.20 bits per heavy atom. The molecule has 0 amide bonds. The Hall–Kier alpha value is -0.160. The Balaban J connectivity index is 1.14. The van der Waals surface area contributed by atoms with Crippen LogP contribution in [0.4, 0.5) is 0 Å². The van der Waals surface area contributed by atoms with Crippen molar-refractivity contribution < 1.29 is 0 Å². The van der Waals surface area contributed by atoms with Gasteiger partial charge in [0, 0.05) is 49.8 Å². The third kappa shape index (κ3) is 5.24. The summed E-state index contributed by atoms with van der Waals surface area (Å²) in [5.74, 6) is 0.942. The van der Waals surface area contributed by atoms with Crippen LogP contribution in [0, 0.1) is 11.3 Å². The summed E-state index contributed by atoms with van der Waals surface area (Å²) < 4.78 is 0. The van der Waals surface area contributed by atoms with Crippen LogP contribution in [0.5, 0.6) is 0 Å². The Morgan fingerprint density at radius 1 is 0.667 bits per heavy atom. The summed E-state index contributed by atoms with van der Waals surface area (Å²) in [6.45, 7) is 26.3. The summed E-state index contributed by atoms with van der Waals surface area (Å²) in [5, 5.41) is 0. The maximum absolute atomic E-state index is 2.84. The van der Waals surface area contributed by atoms with Gasteiger partial charge in [0.1, 0.15) is 0 Å². The zero-order chi connectivity index (χ0) is 21.6. The lowest BCUT2D eigenvalue weighted by molar-refractivity contribution is -0.0918. The average molecular weight is 419 g/mol. The normalized spacial score (nSPS) is 29.4. The first kappa shape index (κ1) is 23.0. The summed E-state index contributed by atoms with van der Waals surface area (Å²) in [6, 6.07) is 0.851. The average Bonchev–Trinajstić information content (AvgIpc) is 2.66. The predicted molar refractivity (Wildman–Crippen MR) is 128 cm³/mol. The standard InChI is InChI=1S/C26H50N4/c1-24(2,3)29-15-9-23(10-16-29)28-13-7-22(8-14-28)19-27-17-11-26(12-18-27)20-30(21-26)25(4,5)6/h22-23H,7-21H2,1-6H3. The molecule has 0 atom stereocenters. The van der Waals surface area contributed by atoms with E-state index in [2.05, 4.69) is 61.1 Å². The molecule has 4 saturated heterocycles. The molecule has 0 radical (unpaired) electrons. The molecule has 4 aliphatic heterocycles. The molecule has 0 aromatic rings. The number of hydrogen-bond acceptors (Lipinski definition) is 4. The molecule has 4 rings (SSSR count). The van der Waals surface area contributed by atoms with Gasteiger partial charge in [0.25, 0.3) is 0 Å². The van der Waals surface area contributed by atoms with Gasteiger partial charge in [-0.05, 0) is 118 Å². The monoisotopic (exact) mass is 418 g/mol. The van der Waals surface area contributed by atoms with E-state index in [4.69, 9.17) is 0 Å². The van der Waals surface area contributed by atoms with Crippen molar-refractivity contribution in [2.75, 3.05) is 58.9 Å². The molecule has 4 heteroatoms. The van der Waals surface area contributed by atoms with Crippen molar-refractivity contribution in [2.45, 2.75) is 97.2 Å². The van der Waals surface area contributed by atoms with Crippen LogP contribution < -0.4 is 0 Å². The van der Waals surface area contributed by atoms with Crippen LogP contribution in [0.2, 0.25) is 0 Å². The molecule has 0 N–H and O–H groups in total. The van der Waals surface area contributed by atoms with E-state index in [0.29, 0.717) is 16.5 Å². The van der Waals surface area contributed by atoms with Gasteiger partial charge >= 0.3 is 0 Å². The van der Waals surface area contributed by atoms with Crippen molar-refractivity contribution in [3.8, 4) is 0 Å². The molecule has 4 nitrogen and oxygen atoms in total. The number of rotatable bonds is 3. The minimum atomic E-state index is 0.343. The lowest BCUT2D eigenvalue weighted by atomic mass is 9.70. The lowest BCUT2D eigenvalue weighted by Gasteiger charge is -2.58. The van der Waals surface area contributed by atoms with Crippen LogP contribution in [0.3, 0.4) is 0 Å². The minimum absolute atomic E-state index is 0.343. The quantitative estimate of drug-likeness (QED) is 0.682. The summed E-state index contributed by atoms with van der Waals surface area (Å²) in [6.07, 6.45) is 8.48. The largest absolute Gasteiger partial charge is 0.303 e. The smallest absolute Gasteiger partial charge is 0.0125 e. The fourth-order valence-electron chi connectivity index (χ4n) is 6.53. The van der Waals surface area contributed by atoms with Crippen molar-refractivity contribution >= 4 is 0 Å². The predicted octanol–water partition coefficient (Wildman–Crippen LogP) is 4.16. The molecule has 4 heterocycles. The van der Waals surface area contributed by atoms with E-state index in [9.17, 15) is 0 Å². The van der Waals surface area contributed by atoms with E-state index in [1.807, 2.05) is 0 Å². The van der Waals surface area contributed by atoms with Gasteiger partial charge in [-0.1, -0.05) is 0 Å². The van der Waals surface area contributed by atoms with E-state index < -0.39 is 0 Å². The van der Waals surface area contributed by atoms with Gasteiger partial charge in [0.2, 0.25) is 0 Å². The Kier molecular flexibility index (Phi) is 6.63. The highest BCUT2D eigenvalue weighted by Gasteiger charge is 2.48. The maximum Gasteiger partial charge on any atom is 0.0125 e. The van der Waals surface area contributed by atoms with E-state index in [1.165, 1.54) is 97.4 Å². The van der Waals surface area contributed by atoms with Crippen LogP contribution in [-0.2, 0) is 0 Å². The van der Waals surface area contributed by atoms with Gasteiger partial charge in [-0.25, -0.2) is 0 Å². The molecule has 0 aromatic heterocycles. The topological polar surface area (TPSA) is 13.0 Å². The summed E-state index contributed by atoms with van der Waals surface area (Å²) >= 11 is 0. The highest BCUT2D eigenvalue weighted by molar-refractivity contribution is 5.02. The molecular weight excluding hydrogens is 368 g/mol. The van der Waals surface area contributed by atoms with Crippen LogP contribution >= 0.6 is 0 Å². The highest BCUT2D eigenvalue weighted by Crippen LogP contribution is 2.43. The Morgan fingerprint density at radius 3 is 1.70 bits per heavy atom. The molecule has 4 aliphatic rings. The number of piperidine rings is 3. The van der Waals surface area contributed by atoms with Gasteiger partial charge in [-0.15, -0.1) is 0 Å². The van der Waals surface area contributed by atoms with Gasteiger partial charge in [0.05, 0.1) is 0 Å². The third-order valence-electron chi connectivity index (χ3n) is 9.01. The zero-order valence-corrected chi connectivity index (χ0v) is 21.1. The molecule has 0 saturated carbocycles. The Bertz CT molecular complexity index is 543. The second kappa shape index (κ2) is 8.65. The molecule has 0 aromatic carbocycles. The molecule has 4 fully saturated rings. The fraction of sp³-hybridized carbons (Fsp3) is 1.00. The van der Waals surface area contributed by atoms with Crippen molar-refractivity contribution in [3.63, 3.8) is 0 Å². The third-order valence-corrected chi connectivity index (χ3v) is 9.01. The number of likely N-dealkylation sites (tertiary alicyclic amines) is 4. The molecule has 0 bridgehead atoms.